The van der Waals surface area contributed by atoms with Crippen LogP contribution < -0.4 is 10.2 Å². The Bertz CT molecular complexity index is 847. The summed E-state index contributed by atoms with van der Waals surface area (Å²) in [7, 11) is 0. The summed E-state index contributed by atoms with van der Waals surface area (Å²) in [4.78, 5) is 25.3. The molecule has 0 bridgehead atoms. The number of fused-ring (bicyclic) bond motifs is 1. The Labute approximate surface area is 170 Å². The summed E-state index contributed by atoms with van der Waals surface area (Å²) in [6.45, 7) is 9.26. The highest BCUT2D eigenvalue weighted by Gasteiger charge is 2.43. The van der Waals surface area contributed by atoms with Crippen molar-refractivity contribution in [3.05, 3.63) is 28.8 Å². The van der Waals surface area contributed by atoms with E-state index < -0.39 is 22.6 Å². The van der Waals surface area contributed by atoms with Gasteiger partial charge in [0.05, 0.1) is 18.7 Å². The van der Waals surface area contributed by atoms with E-state index in [0.29, 0.717) is 17.7 Å². The lowest BCUT2D eigenvalue weighted by Crippen LogP contribution is -2.47. The third kappa shape index (κ3) is 4.23. The predicted octanol–water partition coefficient (Wildman–Crippen LogP) is 3.95. The van der Waals surface area contributed by atoms with E-state index in [1.54, 1.807) is 25.7 Å². The molecule has 7 heteroatoms. The Balaban J connectivity index is 1.80. The molecule has 1 aliphatic heterocycles. The Morgan fingerprint density at radius 2 is 1.97 bits per heavy atom. The van der Waals surface area contributed by atoms with Crippen LogP contribution in [0, 0.1) is 17.0 Å². The van der Waals surface area contributed by atoms with E-state index in [-0.39, 0.29) is 42.3 Å². The number of anilines is 1. The van der Waals surface area contributed by atoms with Crippen LogP contribution in [0.5, 0.6) is 0 Å². The van der Waals surface area contributed by atoms with E-state index in [0.717, 1.165) is 12.8 Å². The fraction of sp³-hybridized carbons (Fsp3) is 0.636. The van der Waals surface area contributed by atoms with Crippen molar-refractivity contribution < 1.29 is 23.5 Å². The average Bonchev–Trinajstić information content (AvgIpc) is 3.34. The van der Waals surface area contributed by atoms with Gasteiger partial charge in [-0.1, -0.05) is 27.7 Å². The van der Waals surface area contributed by atoms with Crippen molar-refractivity contribution in [1.82, 2.24) is 5.32 Å². The highest BCUT2D eigenvalue weighted by Crippen LogP contribution is 2.49. The number of nitrogens with one attached hydrogen (secondary N) is 1. The number of amides is 1. The van der Waals surface area contributed by atoms with Crippen molar-refractivity contribution in [2.24, 2.45) is 5.41 Å². The molecule has 2 N–H and O–H groups in total. The lowest BCUT2D eigenvalue weighted by molar-refractivity contribution is -0.140. The molecule has 1 saturated carbocycles. The summed E-state index contributed by atoms with van der Waals surface area (Å²) in [5.74, 6) is -2.00. The van der Waals surface area contributed by atoms with Crippen LogP contribution in [-0.2, 0) is 15.0 Å². The van der Waals surface area contributed by atoms with Gasteiger partial charge in [-0.3, -0.25) is 9.59 Å². The van der Waals surface area contributed by atoms with E-state index in [9.17, 15) is 14.0 Å². The number of halogens is 2. The molecule has 2 aliphatic rings. The summed E-state index contributed by atoms with van der Waals surface area (Å²) in [5.41, 5.74) is -0.277. The van der Waals surface area contributed by atoms with Gasteiger partial charge in [0, 0.05) is 23.6 Å². The smallest absolute Gasteiger partial charge is 0.303 e. The summed E-state index contributed by atoms with van der Waals surface area (Å²) >= 11 is 0. The number of hydrogen-bond acceptors (Lipinski definition) is 3. The van der Waals surface area contributed by atoms with Gasteiger partial charge in [0.1, 0.15) is 11.6 Å². The molecule has 160 valence electrons. The molecule has 29 heavy (non-hydrogen) atoms. The number of carboxylic acid groups (broad SMARTS) is 1. The third-order valence-corrected chi connectivity index (χ3v) is 6.31. The lowest BCUT2D eigenvalue weighted by Gasteiger charge is -2.32. The van der Waals surface area contributed by atoms with Gasteiger partial charge in [0.15, 0.2) is 0 Å². The minimum Gasteiger partial charge on any atom is -0.481 e. The number of nitrogens with zero attached hydrogens (tertiary/aromatic N) is 1. The number of rotatable bonds is 7. The minimum atomic E-state index is -0.935. The summed E-state index contributed by atoms with van der Waals surface area (Å²) < 4.78 is 30.1. The Morgan fingerprint density at radius 3 is 2.52 bits per heavy atom. The maximum atomic E-state index is 15.2. The van der Waals surface area contributed by atoms with Gasteiger partial charge in [0.2, 0.25) is 5.91 Å². The molecule has 3 rings (SSSR count). The van der Waals surface area contributed by atoms with E-state index >= 15 is 4.39 Å². The van der Waals surface area contributed by atoms with Crippen LogP contribution in [-0.4, -0.2) is 36.1 Å². The molecule has 1 aromatic carbocycles. The van der Waals surface area contributed by atoms with Crippen molar-refractivity contribution in [3.63, 3.8) is 0 Å². The number of carbonyl (C=O) groups is 2. The zero-order chi connectivity index (χ0) is 21.7. The van der Waals surface area contributed by atoms with Crippen LogP contribution in [0.25, 0.3) is 0 Å². The second kappa shape index (κ2) is 7.26. The summed E-state index contributed by atoms with van der Waals surface area (Å²) in [5, 5.41) is 11.9. The predicted molar refractivity (Wildman–Crippen MR) is 107 cm³/mol. The zero-order valence-corrected chi connectivity index (χ0v) is 17.7. The molecular weight excluding hydrogens is 378 g/mol. The van der Waals surface area contributed by atoms with E-state index in [1.165, 1.54) is 6.07 Å². The number of carbonyl (C=O) groups excluding carboxylic acids is 1. The van der Waals surface area contributed by atoms with Crippen LogP contribution in [0.3, 0.4) is 0 Å². The molecule has 1 heterocycles. The lowest BCUT2D eigenvalue weighted by atomic mass is 9.82. The zero-order valence-electron chi connectivity index (χ0n) is 17.7. The van der Waals surface area contributed by atoms with Gasteiger partial charge < -0.3 is 15.3 Å². The van der Waals surface area contributed by atoms with Gasteiger partial charge in [-0.25, -0.2) is 8.78 Å². The quantitative estimate of drug-likeness (QED) is 0.717. The average molecular weight is 408 g/mol. The van der Waals surface area contributed by atoms with Gasteiger partial charge in [-0.2, -0.15) is 0 Å². The SMILES string of the molecule is C[C@@H](NC(=O)CN1CC(C)(C)c2c(F)c(C3CC3)cc(F)c21)C(C)(C)CC(=O)O. The van der Waals surface area contributed by atoms with Gasteiger partial charge in [-0.15, -0.1) is 0 Å². The van der Waals surface area contributed by atoms with Gasteiger partial charge in [0.25, 0.3) is 0 Å². The highest BCUT2D eigenvalue weighted by atomic mass is 19.1. The minimum absolute atomic E-state index is 0.0855. The second-order valence-corrected chi connectivity index (χ2v) is 9.85. The highest BCUT2D eigenvalue weighted by molar-refractivity contribution is 5.83. The van der Waals surface area contributed by atoms with Crippen LogP contribution in [0.1, 0.15) is 70.9 Å². The summed E-state index contributed by atoms with van der Waals surface area (Å²) in [6.07, 6.45) is 1.68. The molecule has 5 nitrogen and oxygen atoms in total. The number of carboxylic acids is 1. The number of hydrogen-bond donors (Lipinski definition) is 2. The largest absolute Gasteiger partial charge is 0.481 e. The number of benzene rings is 1. The fourth-order valence-electron chi connectivity index (χ4n) is 4.22. The second-order valence-electron chi connectivity index (χ2n) is 9.85. The van der Waals surface area contributed by atoms with Crippen LogP contribution in [0.15, 0.2) is 6.07 Å². The van der Waals surface area contributed by atoms with E-state index in [2.05, 4.69) is 5.32 Å². The molecule has 0 unspecified atom stereocenters. The third-order valence-electron chi connectivity index (χ3n) is 6.31. The van der Waals surface area contributed by atoms with Crippen molar-refractivity contribution in [1.29, 1.82) is 0 Å². The van der Waals surface area contributed by atoms with Crippen molar-refractivity contribution >= 4 is 17.6 Å². The molecule has 0 spiro atoms. The van der Waals surface area contributed by atoms with Crippen molar-refractivity contribution in [2.45, 2.75) is 71.3 Å². The van der Waals surface area contributed by atoms with Crippen LogP contribution in [0.4, 0.5) is 14.5 Å². The molecule has 0 aromatic heterocycles. The standard InChI is InChI=1S/C22H30F2N2O3/c1-12(21(2,3)9-17(28)29)25-16(27)10-26-11-22(4,5)18-19(24)14(13-6-7-13)8-15(23)20(18)26/h8,12-13H,6-7,9-11H2,1-5H3,(H,25,27)(H,28,29)/t12-/m1/s1. The van der Waals surface area contributed by atoms with E-state index in [1.807, 2.05) is 13.8 Å². The molecule has 1 amide bonds. The Morgan fingerprint density at radius 1 is 1.34 bits per heavy atom. The monoisotopic (exact) mass is 408 g/mol. The maximum absolute atomic E-state index is 15.2. The molecule has 1 fully saturated rings. The van der Waals surface area contributed by atoms with E-state index in [4.69, 9.17) is 5.11 Å². The maximum Gasteiger partial charge on any atom is 0.303 e. The first-order chi connectivity index (χ1) is 13.3. The van der Waals surface area contributed by atoms with Crippen molar-refractivity contribution in [2.75, 3.05) is 18.0 Å². The first kappa shape index (κ1) is 21.5. The fourth-order valence-corrected chi connectivity index (χ4v) is 4.22. The molecule has 1 aromatic rings. The molecule has 1 atom stereocenters. The normalized spacial score (nSPS) is 19.1. The first-order valence-corrected chi connectivity index (χ1v) is 10.1. The molecule has 0 saturated heterocycles. The summed E-state index contributed by atoms with van der Waals surface area (Å²) in [6, 6.07) is 0.900. The molecule has 0 radical (unpaired) electrons. The molecule has 1 aliphatic carbocycles. The van der Waals surface area contributed by atoms with Crippen LogP contribution >= 0.6 is 0 Å². The Kier molecular flexibility index (Phi) is 5.39. The van der Waals surface area contributed by atoms with Gasteiger partial charge in [-0.05, 0) is 42.7 Å². The topological polar surface area (TPSA) is 69.6 Å². The first-order valence-electron chi connectivity index (χ1n) is 10.1. The van der Waals surface area contributed by atoms with Gasteiger partial charge >= 0.3 is 5.97 Å². The Hall–Kier alpha value is -2.18. The van der Waals surface area contributed by atoms with Crippen LogP contribution in [0.2, 0.25) is 0 Å². The molecular formula is C22H30F2N2O3. The van der Waals surface area contributed by atoms with Crippen molar-refractivity contribution in [3.8, 4) is 0 Å². The number of aliphatic carboxylic acids is 1.